The highest BCUT2D eigenvalue weighted by Crippen LogP contribution is 2.18. The maximum atomic E-state index is 13.3. The molecule has 2 rings (SSSR count). The smallest absolute Gasteiger partial charge is 0.243 e. The summed E-state index contributed by atoms with van der Waals surface area (Å²) in [5.74, 6) is 1.07. The van der Waals surface area contributed by atoms with Crippen LogP contribution in [0, 0.1) is 13.8 Å². The molecule has 2 amide bonds. The predicted octanol–water partition coefficient (Wildman–Crippen LogP) is 5.26. The summed E-state index contributed by atoms with van der Waals surface area (Å²) in [5.41, 5.74) is 4.63. The van der Waals surface area contributed by atoms with Gasteiger partial charge >= 0.3 is 0 Å². The average Bonchev–Trinajstić information content (AvgIpc) is 2.74. The van der Waals surface area contributed by atoms with E-state index in [9.17, 15) is 9.59 Å². The molecule has 5 heteroatoms. The third-order valence-electron chi connectivity index (χ3n) is 5.44. The second-order valence-electron chi connectivity index (χ2n) is 8.23. The predicted molar refractivity (Wildman–Crippen MR) is 131 cm³/mol. The lowest BCUT2D eigenvalue weighted by Crippen LogP contribution is -2.51. The van der Waals surface area contributed by atoms with Crippen molar-refractivity contribution in [3.63, 3.8) is 0 Å². The number of nitrogens with one attached hydrogen (secondary N) is 1. The Kier molecular flexibility index (Phi) is 10.1. The van der Waals surface area contributed by atoms with E-state index in [1.54, 1.807) is 16.7 Å². The van der Waals surface area contributed by atoms with Gasteiger partial charge in [0.15, 0.2) is 0 Å². The zero-order valence-corrected chi connectivity index (χ0v) is 20.3. The fourth-order valence-electron chi connectivity index (χ4n) is 3.39. The van der Waals surface area contributed by atoms with Crippen molar-refractivity contribution in [2.75, 3.05) is 5.75 Å². The monoisotopic (exact) mass is 440 g/mol. The van der Waals surface area contributed by atoms with E-state index in [0.717, 1.165) is 23.3 Å². The zero-order chi connectivity index (χ0) is 22.8. The van der Waals surface area contributed by atoms with Crippen LogP contribution in [0.25, 0.3) is 0 Å². The molecule has 0 spiro atoms. The fourth-order valence-corrected chi connectivity index (χ4v) is 4.26. The topological polar surface area (TPSA) is 49.4 Å². The Balaban J connectivity index is 2.13. The summed E-state index contributed by atoms with van der Waals surface area (Å²) in [6.45, 7) is 10.6. The van der Waals surface area contributed by atoms with Gasteiger partial charge in [-0.3, -0.25) is 9.59 Å². The van der Waals surface area contributed by atoms with Gasteiger partial charge in [0.05, 0.1) is 5.75 Å². The van der Waals surface area contributed by atoms with E-state index in [1.807, 2.05) is 45.9 Å². The molecule has 168 valence electrons. The van der Waals surface area contributed by atoms with Gasteiger partial charge in [-0.25, -0.2) is 0 Å². The zero-order valence-electron chi connectivity index (χ0n) is 19.5. The molecule has 0 aliphatic rings. The van der Waals surface area contributed by atoms with E-state index < -0.39 is 6.04 Å². The van der Waals surface area contributed by atoms with Crippen molar-refractivity contribution in [1.82, 2.24) is 10.2 Å². The Bertz CT molecular complexity index is 851. The molecule has 2 aromatic carbocycles. The second kappa shape index (κ2) is 12.6. The number of thioether (sulfide) groups is 1. The molecule has 2 aromatic rings. The summed E-state index contributed by atoms with van der Waals surface area (Å²) in [4.78, 5) is 28.0. The van der Waals surface area contributed by atoms with Crippen LogP contribution in [0.4, 0.5) is 0 Å². The first-order valence-electron chi connectivity index (χ1n) is 11.1. The van der Waals surface area contributed by atoms with Crippen LogP contribution >= 0.6 is 11.8 Å². The molecule has 4 nitrogen and oxygen atoms in total. The molecule has 1 N–H and O–H groups in total. The van der Waals surface area contributed by atoms with Crippen LogP contribution in [0.15, 0.2) is 48.5 Å². The minimum Gasteiger partial charge on any atom is -0.352 e. The number of aryl methyl sites for hydroxylation is 2. The molecule has 0 heterocycles. The quantitative estimate of drug-likeness (QED) is 0.519. The van der Waals surface area contributed by atoms with Gasteiger partial charge in [0.2, 0.25) is 11.8 Å². The van der Waals surface area contributed by atoms with Gasteiger partial charge in [-0.2, -0.15) is 0 Å². The number of rotatable bonds is 11. The molecule has 31 heavy (non-hydrogen) atoms. The first kappa shape index (κ1) is 25.0. The summed E-state index contributed by atoms with van der Waals surface area (Å²) in [6, 6.07) is 16.2. The largest absolute Gasteiger partial charge is 0.352 e. The first-order chi connectivity index (χ1) is 14.8. The summed E-state index contributed by atoms with van der Waals surface area (Å²) in [7, 11) is 0. The molecule has 0 aromatic heterocycles. The van der Waals surface area contributed by atoms with Crippen molar-refractivity contribution < 1.29 is 9.59 Å². The van der Waals surface area contributed by atoms with Crippen molar-refractivity contribution in [1.29, 1.82) is 0 Å². The van der Waals surface area contributed by atoms with Crippen LogP contribution in [0.1, 0.15) is 55.9 Å². The molecule has 2 atom stereocenters. The highest BCUT2D eigenvalue weighted by atomic mass is 32.2. The van der Waals surface area contributed by atoms with Gasteiger partial charge in [0.25, 0.3) is 0 Å². The lowest BCUT2D eigenvalue weighted by Gasteiger charge is -2.31. The summed E-state index contributed by atoms with van der Waals surface area (Å²) in [5, 5.41) is 3.06. The molecule has 0 bridgehead atoms. The van der Waals surface area contributed by atoms with Gasteiger partial charge < -0.3 is 10.2 Å². The van der Waals surface area contributed by atoms with E-state index in [2.05, 4.69) is 42.6 Å². The second-order valence-corrected chi connectivity index (χ2v) is 9.22. The molecule has 0 aliphatic carbocycles. The molecular weight excluding hydrogens is 404 g/mol. The minimum atomic E-state index is -0.470. The van der Waals surface area contributed by atoms with Crippen LogP contribution in [0.3, 0.4) is 0 Å². The third-order valence-corrected chi connectivity index (χ3v) is 6.43. The van der Waals surface area contributed by atoms with Crippen LogP contribution in [0.5, 0.6) is 0 Å². The van der Waals surface area contributed by atoms with Gasteiger partial charge in [-0.05, 0) is 44.7 Å². The van der Waals surface area contributed by atoms with Crippen molar-refractivity contribution in [3.05, 3.63) is 70.8 Å². The Morgan fingerprint density at radius 3 is 2.29 bits per heavy atom. The highest BCUT2D eigenvalue weighted by molar-refractivity contribution is 7.99. The van der Waals surface area contributed by atoms with Crippen LogP contribution in [0.2, 0.25) is 0 Å². The number of hydrogen-bond donors (Lipinski definition) is 1. The fraction of sp³-hybridized carbons (Fsp3) is 0.462. The first-order valence-corrected chi connectivity index (χ1v) is 12.3. The van der Waals surface area contributed by atoms with E-state index in [1.165, 1.54) is 11.1 Å². The lowest BCUT2D eigenvalue weighted by molar-refractivity contribution is -0.139. The number of nitrogens with zero attached hydrogens (tertiary/aromatic N) is 1. The van der Waals surface area contributed by atoms with E-state index >= 15 is 0 Å². The molecule has 0 unspecified atom stereocenters. The number of hydrogen-bond acceptors (Lipinski definition) is 3. The van der Waals surface area contributed by atoms with Crippen LogP contribution in [-0.4, -0.2) is 34.6 Å². The van der Waals surface area contributed by atoms with Crippen LogP contribution < -0.4 is 5.32 Å². The van der Waals surface area contributed by atoms with Gasteiger partial charge in [-0.15, -0.1) is 11.8 Å². The van der Waals surface area contributed by atoms with Crippen molar-refractivity contribution in [3.8, 4) is 0 Å². The SMILES string of the molecule is CC[C@@H](C)NC(=O)[C@@H](CC)N(Cc1cccc(C)c1)C(=O)CSCc1ccc(C)cc1. The highest BCUT2D eigenvalue weighted by Gasteiger charge is 2.29. The Labute approximate surface area is 191 Å². The van der Waals surface area contributed by atoms with Crippen molar-refractivity contribution in [2.45, 2.75) is 71.8 Å². The standard InChI is InChI=1S/C26H36N2O2S/c1-6-21(5)27-26(30)24(7-2)28(16-23-10-8-9-20(4)15-23)25(29)18-31-17-22-13-11-19(3)12-14-22/h8-15,21,24H,6-7,16-18H2,1-5H3,(H,27,30)/t21-,24-/m1/s1. The van der Waals surface area contributed by atoms with Gasteiger partial charge in [0.1, 0.15) is 6.04 Å². The minimum absolute atomic E-state index is 0.00442. The number of amides is 2. The molecule has 0 aliphatic heterocycles. The lowest BCUT2D eigenvalue weighted by atomic mass is 10.1. The molecule has 0 radical (unpaired) electrons. The Hall–Kier alpha value is -2.27. The van der Waals surface area contributed by atoms with E-state index in [0.29, 0.717) is 18.7 Å². The average molecular weight is 441 g/mol. The van der Waals surface area contributed by atoms with E-state index in [4.69, 9.17) is 0 Å². The molecule has 0 saturated carbocycles. The van der Waals surface area contributed by atoms with E-state index in [-0.39, 0.29) is 17.9 Å². The summed E-state index contributed by atoms with van der Waals surface area (Å²) >= 11 is 1.60. The maximum Gasteiger partial charge on any atom is 0.243 e. The number of benzene rings is 2. The van der Waals surface area contributed by atoms with Crippen molar-refractivity contribution >= 4 is 23.6 Å². The summed E-state index contributed by atoms with van der Waals surface area (Å²) < 4.78 is 0. The van der Waals surface area contributed by atoms with Gasteiger partial charge in [0, 0.05) is 18.3 Å². The Morgan fingerprint density at radius 1 is 0.968 bits per heavy atom. The normalized spacial score (nSPS) is 12.8. The third kappa shape index (κ3) is 8.06. The maximum absolute atomic E-state index is 13.3. The molecule has 0 saturated heterocycles. The van der Waals surface area contributed by atoms with Gasteiger partial charge in [-0.1, -0.05) is 73.5 Å². The molecular formula is C26H36N2O2S. The number of carbonyl (C=O) groups excluding carboxylic acids is 2. The number of carbonyl (C=O) groups is 2. The Morgan fingerprint density at radius 2 is 1.68 bits per heavy atom. The molecule has 0 fully saturated rings. The van der Waals surface area contributed by atoms with Crippen molar-refractivity contribution in [2.24, 2.45) is 0 Å². The summed E-state index contributed by atoms with van der Waals surface area (Å²) in [6.07, 6.45) is 1.45. The van der Waals surface area contributed by atoms with Crippen LogP contribution in [-0.2, 0) is 21.9 Å².